The lowest BCUT2D eigenvalue weighted by Gasteiger charge is -2.24. The molecule has 4 rings (SSSR count). The van der Waals surface area contributed by atoms with E-state index in [1.165, 1.54) is 6.07 Å². The van der Waals surface area contributed by atoms with Gasteiger partial charge in [0.2, 0.25) is 0 Å². The quantitative estimate of drug-likeness (QED) is 0.372. The predicted octanol–water partition coefficient (Wildman–Crippen LogP) is 1.89. The maximum absolute atomic E-state index is 13.2. The van der Waals surface area contributed by atoms with Crippen LogP contribution in [-0.4, -0.2) is 40.5 Å². The third-order valence-electron chi connectivity index (χ3n) is 6.11. The molecule has 0 bridgehead atoms. The minimum atomic E-state index is -1.07. The highest BCUT2D eigenvalue weighted by Crippen LogP contribution is 2.44. The number of guanidine groups is 1. The zero-order chi connectivity index (χ0) is 23.0. The molecular weight excluding hydrogens is 414 g/mol. The van der Waals surface area contributed by atoms with E-state index in [1.54, 1.807) is 19.9 Å². The minimum absolute atomic E-state index is 0.0233. The maximum atomic E-state index is 13.2. The third kappa shape index (κ3) is 4.54. The normalized spacial score (nSPS) is 19.6. The van der Waals surface area contributed by atoms with Crippen LogP contribution in [0.4, 0.5) is 0 Å². The van der Waals surface area contributed by atoms with Gasteiger partial charge in [0.15, 0.2) is 11.4 Å². The van der Waals surface area contributed by atoms with Gasteiger partial charge in [-0.05, 0) is 39.5 Å². The molecule has 1 fully saturated rings. The van der Waals surface area contributed by atoms with Crippen molar-refractivity contribution in [3.8, 4) is 11.5 Å². The Bertz CT molecular complexity index is 1080. The summed E-state index contributed by atoms with van der Waals surface area (Å²) in [5.41, 5.74) is 10.3. The van der Waals surface area contributed by atoms with Crippen molar-refractivity contribution in [3.63, 3.8) is 0 Å². The van der Waals surface area contributed by atoms with Crippen LogP contribution < -0.4 is 26.4 Å². The maximum Gasteiger partial charge on any atom is 0.196 e. The number of benzene rings is 1. The van der Waals surface area contributed by atoms with Gasteiger partial charge in [-0.15, -0.1) is 0 Å². The van der Waals surface area contributed by atoms with Gasteiger partial charge in [-0.1, -0.05) is 0 Å². The molecule has 1 aromatic heterocycles. The van der Waals surface area contributed by atoms with Crippen LogP contribution in [0.2, 0.25) is 0 Å². The molecule has 1 saturated carbocycles. The highest BCUT2D eigenvalue weighted by atomic mass is 16.5. The average molecular weight is 446 g/mol. The van der Waals surface area contributed by atoms with Crippen LogP contribution in [-0.2, 0) is 6.42 Å². The van der Waals surface area contributed by atoms with Crippen molar-refractivity contribution in [3.05, 3.63) is 33.7 Å². The van der Waals surface area contributed by atoms with Gasteiger partial charge < -0.3 is 35.6 Å². The molecule has 2 atom stereocenters. The van der Waals surface area contributed by atoms with Crippen molar-refractivity contribution in [2.24, 2.45) is 16.5 Å². The number of ether oxygens (including phenoxy) is 2. The number of nitrogens with two attached hydrogens (primary N) is 2. The van der Waals surface area contributed by atoms with Gasteiger partial charge in [-0.25, -0.2) is 0 Å². The standard InChI is InChI=1S/C23H31N3O6/c1-23(2,29)19-9-13-16(32-19)11-18-20(21(13)30-12-5-3-4-6-12)15(28)10-17(31-18)14(27)7-8-26-22(24)25/h10-12,14,19,27,29H,3-9H2,1-2H3,(H4,24,25,26)/t14-,19-/m1/s1. The summed E-state index contributed by atoms with van der Waals surface area (Å²) in [7, 11) is 0. The van der Waals surface area contributed by atoms with E-state index in [0.29, 0.717) is 23.3 Å². The number of rotatable bonds is 7. The molecule has 1 aromatic carbocycles. The SMILES string of the molecule is CC(C)(O)[C@H]1Cc2c(cc3oc([C@H](O)CCN=C(N)N)cc(=O)c3c2OC2CCCC2)O1. The molecule has 0 saturated heterocycles. The summed E-state index contributed by atoms with van der Waals surface area (Å²) in [6, 6.07) is 2.94. The Hall–Kier alpha value is -2.78. The first-order valence-corrected chi connectivity index (χ1v) is 11.1. The predicted molar refractivity (Wildman–Crippen MR) is 120 cm³/mol. The number of aliphatic imine (C=N–C) groups is 1. The summed E-state index contributed by atoms with van der Waals surface area (Å²) in [5.74, 6) is 1.04. The van der Waals surface area contributed by atoms with Crippen molar-refractivity contribution in [1.29, 1.82) is 0 Å². The summed E-state index contributed by atoms with van der Waals surface area (Å²) >= 11 is 0. The van der Waals surface area contributed by atoms with Crippen molar-refractivity contribution in [1.82, 2.24) is 0 Å². The number of hydrogen-bond acceptors (Lipinski definition) is 7. The number of hydrogen-bond donors (Lipinski definition) is 4. The third-order valence-corrected chi connectivity index (χ3v) is 6.11. The largest absolute Gasteiger partial charge is 0.489 e. The summed E-state index contributed by atoms with van der Waals surface area (Å²) < 4.78 is 18.3. The molecule has 174 valence electrons. The smallest absolute Gasteiger partial charge is 0.196 e. The Labute approximate surface area is 186 Å². The highest BCUT2D eigenvalue weighted by Gasteiger charge is 2.38. The fraction of sp³-hybridized carbons (Fsp3) is 0.565. The van der Waals surface area contributed by atoms with E-state index in [1.807, 2.05) is 0 Å². The minimum Gasteiger partial charge on any atom is -0.489 e. The summed E-state index contributed by atoms with van der Waals surface area (Å²) in [6.45, 7) is 3.58. The van der Waals surface area contributed by atoms with Crippen molar-refractivity contribution >= 4 is 16.9 Å². The van der Waals surface area contributed by atoms with Crippen molar-refractivity contribution in [2.45, 2.75) is 76.3 Å². The second-order valence-electron chi connectivity index (χ2n) is 9.17. The first kappa shape index (κ1) is 22.4. The number of aliphatic hydroxyl groups is 2. The molecular formula is C23H31N3O6. The lowest BCUT2D eigenvalue weighted by molar-refractivity contribution is -0.0229. The van der Waals surface area contributed by atoms with Crippen LogP contribution in [0.25, 0.3) is 11.0 Å². The molecule has 1 aliphatic heterocycles. The molecule has 1 aliphatic carbocycles. The highest BCUT2D eigenvalue weighted by molar-refractivity contribution is 5.87. The molecule has 2 aliphatic rings. The van der Waals surface area contributed by atoms with Crippen LogP contribution in [0.15, 0.2) is 26.3 Å². The van der Waals surface area contributed by atoms with Crippen molar-refractivity contribution in [2.75, 3.05) is 6.54 Å². The Balaban J connectivity index is 1.76. The van der Waals surface area contributed by atoms with E-state index >= 15 is 0 Å². The van der Waals surface area contributed by atoms with Gasteiger partial charge in [-0.2, -0.15) is 0 Å². The number of aliphatic hydroxyl groups excluding tert-OH is 1. The Morgan fingerprint density at radius 3 is 2.69 bits per heavy atom. The van der Waals surface area contributed by atoms with Crippen LogP contribution in [0.3, 0.4) is 0 Å². The molecule has 6 N–H and O–H groups in total. The topological polar surface area (TPSA) is 154 Å². The molecule has 32 heavy (non-hydrogen) atoms. The van der Waals surface area contributed by atoms with Gasteiger partial charge in [0.25, 0.3) is 0 Å². The fourth-order valence-electron chi connectivity index (χ4n) is 4.32. The monoisotopic (exact) mass is 445 g/mol. The lowest BCUT2D eigenvalue weighted by atomic mass is 9.96. The van der Waals surface area contributed by atoms with Gasteiger partial charge >= 0.3 is 0 Å². The second kappa shape index (κ2) is 8.63. The van der Waals surface area contributed by atoms with Crippen LogP contribution in [0.5, 0.6) is 11.5 Å². The number of nitrogens with zero attached hydrogens (tertiary/aromatic N) is 1. The summed E-state index contributed by atoms with van der Waals surface area (Å²) in [6.07, 6.45) is 3.14. The summed E-state index contributed by atoms with van der Waals surface area (Å²) in [5, 5.41) is 21.3. The van der Waals surface area contributed by atoms with Crippen molar-refractivity contribution < 1.29 is 24.1 Å². The van der Waals surface area contributed by atoms with E-state index in [2.05, 4.69) is 4.99 Å². The van der Waals surface area contributed by atoms with Crippen LogP contribution in [0, 0.1) is 0 Å². The van der Waals surface area contributed by atoms with Gasteiger partial charge in [0.05, 0.1) is 11.7 Å². The van der Waals surface area contributed by atoms with Crippen LogP contribution in [0.1, 0.15) is 63.4 Å². The molecule has 9 heteroatoms. The molecule has 0 unspecified atom stereocenters. The van der Waals surface area contributed by atoms with E-state index in [-0.39, 0.29) is 41.8 Å². The first-order chi connectivity index (χ1) is 15.1. The fourth-order valence-corrected chi connectivity index (χ4v) is 4.32. The second-order valence-corrected chi connectivity index (χ2v) is 9.17. The zero-order valence-corrected chi connectivity index (χ0v) is 18.5. The van der Waals surface area contributed by atoms with Gasteiger partial charge in [0, 0.05) is 37.1 Å². The molecule has 2 heterocycles. The van der Waals surface area contributed by atoms with E-state index in [0.717, 1.165) is 31.2 Å². The average Bonchev–Trinajstić information content (AvgIpc) is 3.36. The molecule has 0 spiro atoms. The van der Waals surface area contributed by atoms with E-state index < -0.39 is 17.8 Å². The molecule has 0 amide bonds. The Kier molecular flexibility index (Phi) is 6.05. The zero-order valence-electron chi connectivity index (χ0n) is 18.5. The summed E-state index contributed by atoms with van der Waals surface area (Å²) in [4.78, 5) is 17.0. The van der Waals surface area contributed by atoms with Gasteiger partial charge in [0.1, 0.15) is 40.4 Å². The van der Waals surface area contributed by atoms with Gasteiger partial charge in [-0.3, -0.25) is 9.79 Å². The van der Waals surface area contributed by atoms with E-state index in [9.17, 15) is 15.0 Å². The lowest BCUT2D eigenvalue weighted by Crippen LogP contribution is -2.39. The van der Waals surface area contributed by atoms with E-state index in [4.69, 9.17) is 25.4 Å². The molecule has 9 nitrogen and oxygen atoms in total. The number of fused-ring (bicyclic) bond motifs is 2. The molecule has 2 aromatic rings. The van der Waals surface area contributed by atoms with Crippen LogP contribution >= 0.6 is 0 Å². The first-order valence-electron chi connectivity index (χ1n) is 11.1. The Morgan fingerprint density at radius 1 is 1.31 bits per heavy atom. The molecule has 0 radical (unpaired) electrons. The Morgan fingerprint density at radius 2 is 2.03 bits per heavy atom.